The van der Waals surface area contributed by atoms with Gasteiger partial charge in [-0.15, -0.1) is 0 Å². The second-order valence-electron chi connectivity index (χ2n) is 16.7. The monoisotopic (exact) mass is 957 g/mol. The molecule has 1 rings (SSSR count). The molecule has 0 aliphatic carbocycles. The molecule has 0 heterocycles. The number of amides is 3. The van der Waals surface area contributed by atoms with Crippen molar-refractivity contribution < 1.29 is 61.9 Å². The molecule has 0 bridgehead atoms. The molecule has 0 aliphatic heterocycles. The lowest BCUT2D eigenvalue weighted by Crippen LogP contribution is -2.48. The van der Waals surface area contributed by atoms with Crippen molar-refractivity contribution in [3.63, 3.8) is 0 Å². The third kappa shape index (κ3) is 33.1. The Hall–Kier alpha value is -4.11. The van der Waals surface area contributed by atoms with Crippen LogP contribution in [0, 0.1) is 0 Å². The zero-order valence-electron chi connectivity index (χ0n) is 42.6. The van der Waals surface area contributed by atoms with E-state index in [0.29, 0.717) is 114 Å². The number of ketones is 1. The zero-order chi connectivity index (χ0) is 50.3. The largest absolute Gasteiger partial charge is 0.496 e. The van der Waals surface area contributed by atoms with E-state index in [1.807, 2.05) is 41.8 Å². The number of rotatable bonds is 39. The van der Waals surface area contributed by atoms with Crippen LogP contribution in [0.2, 0.25) is 0 Å². The topological polar surface area (TPSA) is 237 Å². The lowest BCUT2D eigenvalue weighted by Gasteiger charge is -2.29. The third-order valence-electron chi connectivity index (χ3n) is 9.73. The summed E-state index contributed by atoms with van der Waals surface area (Å²) in [7, 11) is 6.83. The molecule has 2 atom stereocenters. The summed E-state index contributed by atoms with van der Waals surface area (Å²) in [5, 5.41) is 11.8. The summed E-state index contributed by atoms with van der Waals surface area (Å²) in [6, 6.07) is 2.62. The van der Waals surface area contributed by atoms with Crippen molar-refractivity contribution in [2.75, 3.05) is 114 Å². The van der Waals surface area contributed by atoms with E-state index in [9.17, 15) is 24.0 Å². The van der Waals surface area contributed by atoms with Gasteiger partial charge >= 0.3 is 5.97 Å². The fourth-order valence-electron chi connectivity index (χ4n) is 6.49. The molecule has 0 fully saturated rings. The standard InChI is InChI=1S/C34H56N2O10.C14H32N4O3/c1-9-45-27-22-30(41-7)28(31(23-27)42-8)24-36(33(40)29(35-26(3)38)15-12-10-11-14-25(2)37)17-19-44-21-20-43-18-13-16-32(39)46-34(4,5)6;1-16-7-4-3-5-13(17-2)14(19)18-8-10-21-12-11-20-9-6-15/h22-23,29H,9-21,24H2,1-8H3,(H,35,38);13,16-17H,3-12,15H2,1-2H3,(H,18,19). The molecule has 0 aliphatic rings. The minimum atomic E-state index is -0.747. The van der Waals surface area contributed by atoms with E-state index in [4.69, 9.17) is 43.6 Å². The van der Waals surface area contributed by atoms with Crippen molar-refractivity contribution in [2.45, 2.75) is 130 Å². The average molecular weight is 957 g/mol. The molecule has 19 nitrogen and oxygen atoms in total. The number of unbranched alkanes of at least 4 members (excludes halogenated alkanes) is 3. The predicted octanol–water partition coefficient (Wildman–Crippen LogP) is 3.70. The average Bonchev–Trinajstić information content (AvgIpc) is 3.27. The van der Waals surface area contributed by atoms with Gasteiger partial charge < -0.3 is 74.6 Å². The van der Waals surface area contributed by atoms with E-state index in [-0.39, 0.29) is 61.6 Å². The Morgan fingerprint density at radius 2 is 1.31 bits per heavy atom. The molecule has 6 N–H and O–H groups in total. The highest BCUT2D eigenvalue weighted by molar-refractivity contribution is 5.87. The summed E-state index contributed by atoms with van der Waals surface area (Å²) in [5.74, 6) is 0.916. The number of methoxy groups -OCH3 is 2. The normalized spacial score (nSPS) is 12.0. The van der Waals surface area contributed by atoms with Gasteiger partial charge in [0, 0.05) is 58.1 Å². The Bertz CT molecular complexity index is 1470. The SMILES string of the molecule is CCOc1cc(OC)c(CN(CCOCCOCCCC(=O)OC(C)(C)C)C(=O)C(CCCCCC(C)=O)NC(C)=O)c(OC)c1.CNCCCCC(NC)C(=O)NCCOCCOCCN. The lowest BCUT2D eigenvalue weighted by atomic mass is 10.0. The van der Waals surface area contributed by atoms with Crippen LogP contribution in [0.1, 0.15) is 111 Å². The smallest absolute Gasteiger partial charge is 0.306 e. The molecule has 19 heteroatoms. The molecule has 388 valence electrons. The molecule has 67 heavy (non-hydrogen) atoms. The molecule has 0 radical (unpaired) electrons. The number of hydrogen-bond acceptors (Lipinski definition) is 16. The summed E-state index contributed by atoms with van der Waals surface area (Å²) >= 11 is 0. The number of ether oxygens (including phenoxy) is 8. The Labute approximate surface area is 401 Å². The van der Waals surface area contributed by atoms with Crippen LogP contribution in [0.15, 0.2) is 12.1 Å². The highest BCUT2D eigenvalue weighted by atomic mass is 16.6. The van der Waals surface area contributed by atoms with E-state index in [1.165, 1.54) is 21.1 Å². The minimum Gasteiger partial charge on any atom is -0.496 e. The third-order valence-corrected chi connectivity index (χ3v) is 9.73. The number of esters is 1. The summed E-state index contributed by atoms with van der Waals surface area (Å²) in [4.78, 5) is 62.7. The lowest BCUT2D eigenvalue weighted by molar-refractivity contribution is -0.155. The second kappa shape index (κ2) is 39.8. The van der Waals surface area contributed by atoms with Crippen LogP contribution in [0.4, 0.5) is 0 Å². The number of nitrogens with zero attached hydrogens (tertiary/aromatic N) is 1. The molecule has 0 spiro atoms. The first-order valence-corrected chi connectivity index (χ1v) is 23.8. The molecular weight excluding hydrogens is 869 g/mol. The molecule has 0 saturated carbocycles. The maximum absolute atomic E-state index is 13.9. The van der Waals surface area contributed by atoms with E-state index < -0.39 is 11.6 Å². The zero-order valence-corrected chi connectivity index (χ0v) is 42.6. The van der Waals surface area contributed by atoms with Crippen LogP contribution in [0.25, 0.3) is 0 Å². The maximum Gasteiger partial charge on any atom is 0.306 e. The van der Waals surface area contributed by atoms with Crippen molar-refractivity contribution in [3.8, 4) is 17.2 Å². The van der Waals surface area contributed by atoms with E-state index in [0.717, 1.165) is 38.6 Å². The van der Waals surface area contributed by atoms with Crippen LogP contribution >= 0.6 is 0 Å². The van der Waals surface area contributed by atoms with E-state index >= 15 is 0 Å². The summed E-state index contributed by atoms with van der Waals surface area (Å²) in [6.07, 6.45) is 6.87. The Morgan fingerprint density at radius 3 is 1.87 bits per heavy atom. The summed E-state index contributed by atoms with van der Waals surface area (Å²) in [6.45, 7) is 16.5. The molecule has 1 aromatic rings. The van der Waals surface area contributed by atoms with Gasteiger partial charge in [-0.2, -0.15) is 0 Å². The first-order valence-electron chi connectivity index (χ1n) is 23.8. The van der Waals surface area contributed by atoms with Gasteiger partial charge in [0.05, 0.1) is 85.2 Å². The number of carbonyl (C=O) groups excluding carboxylic acids is 5. The number of Topliss-reactive ketones (excluding diaryl/α,β-unsaturated/α-hetero) is 1. The fraction of sp³-hybridized carbons (Fsp3) is 0.771. The predicted molar refractivity (Wildman–Crippen MR) is 259 cm³/mol. The van der Waals surface area contributed by atoms with E-state index in [2.05, 4.69) is 21.3 Å². The van der Waals surface area contributed by atoms with Crippen LogP contribution in [-0.2, 0) is 54.2 Å². The van der Waals surface area contributed by atoms with Crippen molar-refractivity contribution in [1.29, 1.82) is 0 Å². The molecule has 3 amide bonds. The van der Waals surface area contributed by atoms with Gasteiger partial charge in [0.1, 0.15) is 34.7 Å². The Balaban J connectivity index is 0.00000173. The van der Waals surface area contributed by atoms with Gasteiger partial charge in [-0.3, -0.25) is 19.2 Å². The second-order valence-corrected chi connectivity index (χ2v) is 16.7. The summed E-state index contributed by atoms with van der Waals surface area (Å²) in [5.41, 5.74) is 5.43. The summed E-state index contributed by atoms with van der Waals surface area (Å²) < 4.78 is 44.2. The van der Waals surface area contributed by atoms with Gasteiger partial charge in [-0.05, 0) is 87.4 Å². The minimum absolute atomic E-state index is 0.0324. The molecule has 2 unspecified atom stereocenters. The van der Waals surface area contributed by atoms with Crippen LogP contribution in [0.5, 0.6) is 17.2 Å². The van der Waals surface area contributed by atoms with Crippen molar-refractivity contribution in [1.82, 2.24) is 26.2 Å². The van der Waals surface area contributed by atoms with Gasteiger partial charge in [0.15, 0.2) is 0 Å². The van der Waals surface area contributed by atoms with Crippen molar-refractivity contribution in [3.05, 3.63) is 17.7 Å². The van der Waals surface area contributed by atoms with Crippen LogP contribution < -0.4 is 41.2 Å². The fourth-order valence-corrected chi connectivity index (χ4v) is 6.49. The van der Waals surface area contributed by atoms with Crippen LogP contribution in [0.3, 0.4) is 0 Å². The number of hydrogen-bond donors (Lipinski definition) is 5. The van der Waals surface area contributed by atoms with Gasteiger partial charge in [0.2, 0.25) is 17.7 Å². The van der Waals surface area contributed by atoms with Crippen molar-refractivity contribution >= 4 is 29.5 Å². The van der Waals surface area contributed by atoms with E-state index in [1.54, 1.807) is 24.0 Å². The van der Waals surface area contributed by atoms with Gasteiger partial charge in [0.25, 0.3) is 0 Å². The molecular formula is C48H88N6O13. The number of nitrogens with two attached hydrogens (primary N) is 1. The first-order chi connectivity index (χ1) is 32.1. The number of carbonyl (C=O) groups is 5. The quantitative estimate of drug-likeness (QED) is 0.0467. The van der Waals surface area contributed by atoms with Gasteiger partial charge in [-0.25, -0.2) is 0 Å². The molecule has 0 saturated heterocycles. The number of benzene rings is 1. The Morgan fingerprint density at radius 1 is 0.716 bits per heavy atom. The molecule has 1 aromatic carbocycles. The first kappa shape index (κ1) is 62.9. The van der Waals surface area contributed by atoms with Gasteiger partial charge in [-0.1, -0.05) is 19.3 Å². The molecule has 0 aromatic heterocycles. The highest BCUT2D eigenvalue weighted by Crippen LogP contribution is 2.35. The Kier molecular flexibility index (Phi) is 37.4. The van der Waals surface area contributed by atoms with Crippen LogP contribution in [-0.4, -0.2) is 166 Å². The maximum atomic E-state index is 13.9. The number of likely N-dealkylation sites (N-methyl/N-ethyl adjacent to an activating group) is 1. The van der Waals surface area contributed by atoms with Crippen molar-refractivity contribution in [2.24, 2.45) is 5.73 Å². The number of nitrogens with one attached hydrogen (secondary N) is 4. The highest BCUT2D eigenvalue weighted by Gasteiger charge is 2.27.